The number of ether oxygens (including phenoxy) is 1. The highest BCUT2D eigenvalue weighted by molar-refractivity contribution is 7.99. The molecule has 0 aliphatic heterocycles. The lowest BCUT2D eigenvalue weighted by Crippen LogP contribution is -2.48. The Balaban J connectivity index is 1.54. The average molecular weight is 515 g/mol. The molecule has 1 amide bonds. The van der Waals surface area contributed by atoms with E-state index in [1.165, 1.54) is 0 Å². The predicted octanol–water partition coefficient (Wildman–Crippen LogP) is 5.69. The van der Waals surface area contributed by atoms with Gasteiger partial charge in [0.25, 0.3) is 0 Å². The molecule has 2 heterocycles. The first-order chi connectivity index (χ1) is 17.0. The van der Waals surface area contributed by atoms with Crippen LogP contribution < -0.4 is 10.6 Å². The minimum atomic E-state index is -0.448. The first-order valence-electron chi connectivity index (χ1n) is 11.9. The largest absolute Gasteiger partial charge is 0.468 e. The SMILES string of the molecule is CC(C)CC(CNC(Cc1cccs1)C(=O)CSCc1ccco1)NC(=O)OCc1ccccc1. The molecule has 3 rings (SSSR count). The van der Waals surface area contributed by atoms with Crippen LogP contribution in [-0.4, -0.2) is 36.3 Å². The van der Waals surface area contributed by atoms with Crippen molar-refractivity contribution in [3.8, 4) is 0 Å². The number of hydrogen-bond donors (Lipinski definition) is 2. The zero-order valence-electron chi connectivity index (χ0n) is 20.3. The molecule has 188 valence electrons. The number of hydrogen-bond acceptors (Lipinski definition) is 7. The lowest BCUT2D eigenvalue weighted by Gasteiger charge is -2.24. The maximum atomic E-state index is 13.1. The number of benzene rings is 1. The summed E-state index contributed by atoms with van der Waals surface area (Å²) in [5, 5.41) is 8.44. The van der Waals surface area contributed by atoms with E-state index in [9.17, 15) is 9.59 Å². The molecule has 3 aromatic rings. The highest BCUT2D eigenvalue weighted by atomic mass is 32.2. The van der Waals surface area contributed by atoms with E-state index in [4.69, 9.17) is 9.15 Å². The summed E-state index contributed by atoms with van der Waals surface area (Å²) in [6.45, 7) is 4.94. The number of carbonyl (C=O) groups is 2. The van der Waals surface area contributed by atoms with Crippen LogP contribution in [0.2, 0.25) is 0 Å². The van der Waals surface area contributed by atoms with E-state index >= 15 is 0 Å². The fourth-order valence-electron chi connectivity index (χ4n) is 3.66. The van der Waals surface area contributed by atoms with Gasteiger partial charge in [-0.2, -0.15) is 0 Å². The third-order valence-corrected chi connectivity index (χ3v) is 7.22. The van der Waals surface area contributed by atoms with Crippen LogP contribution in [0.1, 0.15) is 36.5 Å². The molecule has 0 radical (unpaired) electrons. The Morgan fingerprint density at radius 1 is 1.09 bits per heavy atom. The van der Waals surface area contributed by atoms with Gasteiger partial charge in [0.1, 0.15) is 12.4 Å². The van der Waals surface area contributed by atoms with Crippen molar-refractivity contribution in [3.63, 3.8) is 0 Å². The van der Waals surface area contributed by atoms with Crippen LogP contribution >= 0.6 is 23.1 Å². The van der Waals surface area contributed by atoms with E-state index < -0.39 is 6.09 Å². The molecule has 8 heteroatoms. The zero-order chi connectivity index (χ0) is 24.9. The average Bonchev–Trinajstić information content (AvgIpc) is 3.55. The predicted molar refractivity (Wildman–Crippen MR) is 143 cm³/mol. The number of rotatable bonds is 15. The zero-order valence-corrected chi connectivity index (χ0v) is 21.9. The molecular weight excluding hydrogens is 480 g/mol. The van der Waals surface area contributed by atoms with E-state index in [-0.39, 0.29) is 24.5 Å². The summed E-state index contributed by atoms with van der Waals surface area (Å²) in [4.78, 5) is 26.7. The lowest BCUT2D eigenvalue weighted by molar-refractivity contribution is -0.118. The molecule has 1 aromatic carbocycles. The molecule has 0 bridgehead atoms. The van der Waals surface area contributed by atoms with Crippen molar-refractivity contribution in [3.05, 3.63) is 82.4 Å². The number of amides is 1. The maximum Gasteiger partial charge on any atom is 0.407 e. The number of thioether (sulfide) groups is 1. The van der Waals surface area contributed by atoms with E-state index in [0.717, 1.165) is 22.6 Å². The highest BCUT2D eigenvalue weighted by Gasteiger charge is 2.22. The number of thiophene rings is 1. The Hall–Kier alpha value is -2.55. The van der Waals surface area contributed by atoms with Crippen LogP contribution in [0, 0.1) is 5.92 Å². The summed E-state index contributed by atoms with van der Waals surface area (Å²) in [7, 11) is 0. The second kappa shape index (κ2) is 14.8. The number of nitrogens with one attached hydrogen (secondary N) is 2. The van der Waals surface area contributed by atoms with Gasteiger partial charge in [-0.25, -0.2) is 4.79 Å². The topological polar surface area (TPSA) is 80.6 Å². The van der Waals surface area contributed by atoms with Gasteiger partial charge in [0.05, 0.1) is 23.8 Å². The Bertz CT molecular complexity index is 992. The van der Waals surface area contributed by atoms with Crippen molar-refractivity contribution >= 4 is 35.0 Å². The Labute approximate surface area is 215 Å². The van der Waals surface area contributed by atoms with Crippen LogP contribution in [0.15, 0.2) is 70.7 Å². The number of alkyl carbamates (subject to hydrolysis) is 1. The monoisotopic (exact) mass is 514 g/mol. The van der Waals surface area contributed by atoms with Gasteiger partial charge in [0.2, 0.25) is 0 Å². The van der Waals surface area contributed by atoms with Gasteiger partial charge in [-0.05, 0) is 41.5 Å². The number of carbonyl (C=O) groups excluding carboxylic acids is 2. The summed E-state index contributed by atoms with van der Waals surface area (Å²) in [5.74, 6) is 2.44. The molecule has 0 fully saturated rings. The summed E-state index contributed by atoms with van der Waals surface area (Å²) in [5.41, 5.74) is 0.940. The molecule has 0 aliphatic rings. The van der Waals surface area contributed by atoms with Crippen molar-refractivity contribution < 1.29 is 18.7 Å². The molecule has 0 saturated heterocycles. The third-order valence-electron chi connectivity index (χ3n) is 5.34. The first-order valence-corrected chi connectivity index (χ1v) is 13.9. The minimum absolute atomic E-state index is 0.143. The fraction of sp³-hybridized carbons (Fsp3) is 0.407. The van der Waals surface area contributed by atoms with Crippen LogP contribution in [0.5, 0.6) is 0 Å². The van der Waals surface area contributed by atoms with Gasteiger partial charge in [0.15, 0.2) is 5.78 Å². The number of Topliss-reactive ketones (excluding diaryl/α,β-unsaturated/α-hetero) is 1. The van der Waals surface area contributed by atoms with Gasteiger partial charge in [-0.3, -0.25) is 4.79 Å². The minimum Gasteiger partial charge on any atom is -0.468 e. The summed E-state index contributed by atoms with van der Waals surface area (Å²) in [6.07, 6.45) is 2.60. The van der Waals surface area contributed by atoms with Crippen molar-refractivity contribution in [2.75, 3.05) is 12.3 Å². The normalized spacial score (nSPS) is 12.9. The molecule has 2 aromatic heterocycles. The van der Waals surface area contributed by atoms with Crippen LogP contribution in [0.3, 0.4) is 0 Å². The van der Waals surface area contributed by atoms with Gasteiger partial charge in [-0.1, -0.05) is 50.2 Å². The van der Waals surface area contributed by atoms with Crippen molar-refractivity contribution in [2.24, 2.45) is 5.92 Å². The summed E-state index contributed by atoms with van der Waals surface area (Å²) in [6, 6.07) is 16.9. The smallest absolute Gasteiger partial charge is 0.407 e. The second-order valence-corrected chi connectivity index (χ2v) is 10.8. The molecule has 0 saturated carbocycles. The van der Waals surface area contributed by atoms with E-state index in [0.29, 0.717) is 30.4 Å². The molecule has 6 nitrogen and oxygen atoms in total. The molecule has 2 N–H and O–H groups in total. The molecular formula is C27H34N2O4S2. The summed E-state index contributed by atoms with van der Waals surface area (Å²) < 4.78 is 10.8. The maximum absolute atomic E-state index is 13.1. The van der Waals surface area contributed by atoms with Gasteiger partial charge in [-0.15, -0.1) is 23.1 Å². The fourth-order valence-corrected chi connectivity index (χ4v) is 5.28. The van der Waals surface area contributed by atoms with Crippen molar-refractivity contribution in [1.29, 1.82) is 0 Å². The number of furan rings is 1. The van der Waals surface area contributed by atoms with Crippen molar-refractivity contribution in [2.45, 2.75) is 51.1 Å². The number of ketones is 1. The Kier molecular flexibility index (Phi) is 11.4. The van der Waals surface area contributed by atoms with Crippen LogP contribution in [0.4, 0.5) is 4.79 Å². The molecule has 0 aliphatic carbocycles. The lowest BCUT2D eigenvalue weighted by atomic mass is 10.0. The second-order valence-electron chi connectivity index (χ2n) is 8.82. The summed E-state index contributed by atoms with van der Waals surface area (Å²) >= 11 is 3.20. The highest BCUT2D eigenvalue weighted by Crippen LogP contribution is 2.16. The Morgan fingerprint density at radius 2 is 1.91 bits per heavy atom. The molecule has 35 heavy (non-hydrogen) atoms. The van der Waals surface area contributed by atoms with Crippen LogP contribution in [-0.2, 0) is 28.3 Å². The quantitative estimate of drug-likeness (QED) is 0.271. The third kappa shape index (κ3) is 10.3. The van der Waals surface area contributed by atoms with E-state index in [2.05, 4.69) is 24.5 Å². The standard InChI is InChI=1S/C27H34N2O4S2/c1-20(2)14-22(29-27(31)33-17-21-8-4-3-5-9-21)16-28-25(15-24-11-7-13-35-24)26(30)19-34-18-23-10-6-12-32-23/h3-13,20,22,25,28H,14-19H2,1-2H3,(H,29,31). The molecule has 2 unspecified atom stereocenters. The molecule has 0 spiro atoms. The first kappa shape index (κ1) is 27.0. The van der Waals surface area contributed by atoms with Crippen molar-refractivity contribution in [1.82, 2.24) is 10.6 Å². The van der Waals surface area contributed by atoms with Gasteiger partial charge < -0.3 is 19.8 Å². The van der Waals surface area contributed by atoms with E-state index in [1.54, 1.807) is 29.4 Å². The van der Waals surface area contributed by atoms with Gasteiger partial charge >= 0.3 is 6.09 Å². The van der Waals surface area contributed by atoms with Gasteiger partial charge in [0, 0.05) is 23.9 Å². The Morgan fingerprint density at radius 3 is 2.60 bits per heavy atom. The molecule has 2 atom stereocenters. The van der Waals surface area contributed by atoms with E-state index in [1.807, 2.05) is 60.0 Å². The van der Waals surface area contributed by atoms with Crippen LogP contribution in [0.25, 0.3) is 0 Å².